The first-order chi connectivity index (χ1) is 22.9. The van der Waals surface area contributed by atoms with Gasteiger partial charge in [0.2, 0.25) is 23.8 Å². The third-order valence-electron chi connectivity index (χ3n) is 11.9. The van der Waals surface area contributed by atoms with Gasteiger partial charge in [0, 0.05) is 23.2 Å². The Hall–Kier alpha value is -2.74. The molecule has 17 nitrogen and oxygen atoms in total. The van der Waals surface area contributed by atoms with Gasteiger partial charge in [-0.2, -0.15) is 0 Å². The molecule has 17 heteroatoms. The fourth-order valence-corrected chi connectivity index (χ4v) is 9.78. The summed E-state index contributed by atoms with van der Waals surface area (Å²) in [6.07, 6.45) is -17.6. The third kappa shape index (κ3) is 4.70. The topological polar surface area (TPSA) is 265 Å². The van der Waals surface area contributed by atoms with E-state index in [1.807, 2.05) is 0 Å². The maximum absolute atomic E-state index is 14.0. The van der Waals surface area contributed by atoms with Gasteiger partial charge in [0.15, 0.2) is 5.76 Å². The van der Waals surface area contributed by atoms with Crippen molar-refractivity contribution in [3.05, 3.63) is 11.3 Å². The van der Waals surface area contributed by atoms with Gasteiger partial charge in [-0.3, -0.25) is 9.59 Å². The number of carbonyl (C=O) groups is 4. The van der Waals surface area contributed by atoms with E-state index in [4.69, 9.17) is 28.4 Å². The second-order valence-electron chi connectivity index (χ2n) is 14.8. The molecular formula is C32H44O17. The molecular weight excluding hydrogens is 656 g/mol. The SMILES string of the molecule is COC(=O)[C@@]12OC[C@]34[C@H]([C@@H](O)[C@@H]1O)[C@@]1(C)[C@H](O)C(=O)C(O[C@@H]5O[C@H](CO)[C@@H](O)[C@H](O)[C@H]5O)=C(C)[C@@H]1C[C@H]3OC(=O)[C@H](OC(=O)CC(C)C)[C@@H]24. The van der Waals surface area contributed by atoms with Gasteiger partial charge in [-0.25, -0.2) is 9.59 Å². The first-order valence-corrected chi connectivity index (χ1v) is 16.3. The van der Waals surface area contributed by atoms with Crippen molar-refractivity contribution < 1.29 is 83.3 Å². The minimum Gasteiger partial charge on any atom is -0.467 e. The number of ketones is 1. The lowest BCUT2D eigenvalue weighted by molar-refractivity contribution is -0.303. The predicted octanol–water partition coefficient (Wildman–Crippen LogP) is -3.17. The van der Waals surface area contributed by atoms with Crippen molar-refractivity contribution in [1.29, 1.82) is 0 Å². The highest BCUT2D eigenvalue weighted by molar-refractivity contribution is 5.99. The Morgan fingerprint density at radius 2 is 1.67 bits per heavy atom. The lowest BCUT2D eigenvalue weighted by atomic mass is 9.37. The Morgan fingerprint density at radius 3 is 2.29 bits per heavy atom. The Morgan fingerprint density at radius 1 is 1.00 bits per heavy atom. The van der Waals surface area contributed by atoms with E-state index in [0.29, 0.717) is 0 Å². The molecule has 2 bridgehead atoms. The Kier molecular flexibility index (Phi) is 8.98. The molecule has 3 saturated heterocycles. The number of esters is 3. The van der Waals surface area contributed by atoms with Gasteiger partial charge >= 0.3 is 17.9 Å². The number of aliphatic hydroxyl groups is 7. The van der Waals surface area contributed by atoms with Crippen molar-refractivity contribution in [2.75, 3.05) is 20.3 Å². The summed E-state index contributed by atoms with van der Waals surface area (Å²) in [5.41, 5.74) is -5.47. The first kappa shape index (κ1) is 36.1. The van der Waals surface area contributed by atoms with Crippen LogP contribution in [0.4, 0.5) is 0 Å². The largest absolute Gasteiger partial charge is 0.467 e. The van der Waals surface area contributed by atoms with Crippen LogP contribution in [0.5, 0.6) is 0 Å². The molecule has 2 saturated carbocycles. The first-order valence-electron chi connectivity index (χ1n) is 16.3. The van der Waals surface area contributed by atoms with E-state index in [1.54, 1.807) is 13.8 Å². The van der Waals surface area contributed by atoms with Crippen LogP contribution < -0.4 is 0 Å². The van der Waals surface area contributed by atoms with Gasteiger partial charge in [-0.05, 0) is 30.8 Å². The van der Waals surface area contributed by atoms with Crippen LogP contribution in [0.1, 0.15) is 40.5 Å². The van der Waals surface area contributed by atoms with Gasteiger partial charge < -0.3 is 64.2 Å². The fraction of sp³-hybridized carbons (Fsp3) is 0.812. The molecule has 7 N–H and O–H groups in total. The van der Waals surface area contributed by atoms with E-state index in [2.05, 4.69) is 0 Å². The molecule has 274 valence electrons. The van der Waals surface area contributed by atoms with Crippen LogP contribution in [0.25, 0.3) is 0 Å². The summed E-state index contributed by atoms with van der Waals surface area (Å²) in [5, 5.41) is 76.3. The van der Waals surface area contributed by atoms with Crippen molar-refractivity contribution in [2.24, 2.45) is 34.5 Å². The van der Waals surface area contributed by atoms with Crippen molar-refractivity contribution in [2.45, 2.75) is 107 Å². The molecule has 5 fully saturated rings. The van der Waals surface area contributed by atoms with Crippen LogP contribution in [0.2, 0.25) is 0 Å². The average molecular weight is 701 g/mol. The predicted molar refractivity (Wildman–Crippen MR) is 156 cm³/mol. The highest BCUT2D eigenvalue weighted by atomic mass is 16.7. The van der Waals surface area contributed by atoms with Crippen LogP contribution in [-0.4, -0.2) is 147 Å². The average Bonchev–Trinajstić information content (AvgIpc) is 3.36. The maximum Gasteiger partial charge on any atom is 0.348 e. The van der Waals surface area contributed by atoms with Crippen LogP contribution in [0, 0.1) is 34.5 Å². The number of hydrogen-bond donors (Lipinski definition) is 7. The molecule has 0 aromatic heterocycles. The molecule has 3 heterocycles. The fourth-order valence-electron chi connectivity index (χ4n) is 9.78. The molecule has 0 radical (unpaired) electrons. The molecule has 0 aromatic carbocycles. The Labute approximate surface area is 280 Å². The second kappa shape index (κ2) is 12.2. The highest BCUT2D eigenvalue weighted by Gasteiger charge is 2.86. The zero-order valence-electron chi connectivity index (χ0n) is 27.6. The van der Waals surface area contributed by atoms with Crippen LogP contribution in [-0.2, 0) is 47.6 Å². The lowest BCUT2D eigenvalue weighted by Crippen LogP contribution is -2.80. The number of Topliss-reactive ketones (excluding diaryl/α,β-unsaturated/α-hetero) is 1. The highest BCUT2D eigenvalue weighted by Crippen LogP contribution is 2.73. The number of ether oxygens (including phenoxy) is 6. The number of carbonyl (C=O) groups excluding carboxylic acids is 4. The smallest absolute Gasteiger partial charge is 0.348 e. The molecule has 0 unspecified atom stereocenters. The van der Waals surface area contributed by atoms with E-state index in [9.17, 15) is 54.9 Å². The van der Waals surface area contributed by atoms with Crippen LogP contribution in [0.15, 0.2) is 11.3 Å². The van der Waals surface area contributed by atoms with E-state index in [0.717, 1.165) is 7.11 Å². The van der Waals surface area contributed by atoms with E-state index >= 15 is 0 Å². The second-order valence-corrected chi connectivity index (χ2v) is 14.8. The normalized spacial score (nSPS) is 48.8. The zero-order chi connectivity index (χ0) is 36.1. The summed E-state index contributed by atoms with van der Waals surface area (Å²) in [6.45, 7) is 5.32. The molecule has 16 atom stereocenters. The summed E-state index contributed by atoms with van der Waals surface area (Å²) in [6, 6.07) is 0. The molecule has 0 amide bonds. The summed E-state index contributed by atoms with van der Waals surface area (Å²) < 4.78 is 33.9. The van der Waals surface area contributed by atoms with Crippen molar-refractivity contribution in [3.8, 4) is 0 Å². The Bertz CT molecular complexity index is 1430. The quantitative estimate of drug-likeness (QED) is 0.102. The molecule has 6 rings (SSSR count). The number of hydrogen-bond acceptors (Lipinski definition) is 17. The van der Waals surface area contributed by atoms with Crippen LogP contribution >= 0.6 is 0 Å². The third-order valence-corrected chi connectivity index (χ3v) is 11.9. The van der Waals surface area contributed by atoms with E-state index in [1.165, 1.54) is 13.8 Å². The van der Waals surface area contributed by atoms with Gasteiger partial charge in [0.25, 0.3) is 0 Å². The molecule has 3 aliphatic heterocycles. The van der Waals surface area contributed by atoms with E-state index < -0.39 is 138 Å². The van der Waals surface area contributed by atoms with Gasteiger partial charge in [-0.15, -0.1) is 0 Å². The van der Waals surface area contributed by atoms with Crippen molar-refractivity contribution >= 4 is 23.7 Å². The summed E-state index contributed by atoms with van der Waals surface area (Å²) in [5.74, 6) is -8.31. The van der Waals surface area contributed by atoms with Crippen LogP contribution in [0.3, 0.4) is 0 Å². The number of aliphatic hydroxyl groups excluding tert-OH is 7. The molecule has 0 aromatic rings. The van der Waals surface area contributed by atoms with Crippen molar-refractivity contribution in [1.82, 2.24) is 0 Å². The Balaban J connectivity index is 1.46. The molecule has 49 heavy (non-hydrogen) atoms. The number of rotatable bonds is 7. The molecule has 6 aliphatic rings. The van der Waals surface area contributed by atoms with Gasteiger partial charge in [0.1, 0.15) is 42.7 Å². The number of allylic oxidation sites excluding steroid dienone is 1. The zero-order valence-corrected chi connectivity index (χ0v) is 27.6. The molecule has 1 spiro atoms. The monoisotopic (exact) mass is 700 g/mol. The number of fused-ring (bicyclic) bond motifs is 2. The standard InChI is InChI=1S/C32H44O17/c1-10(2)6-15(34)48-22-24-31-9-45-32(24,29(43)44-5)26(41)20(39)23(31)30(4)12(7-14(31)47-27(22)42)11(3)21(19(38)25(30)40)49-28-18(37)17(36)16(35)13(8-33)46-28/h10,12-14,16-18,20,22-26,28,33,35-37,39-41H,6-9H2,1-5H3/t12-,13+,14+,16+,17-,18+,20+,22+,23+,24+,25+,26-,28-,30-,31+,32-/m0/s1. The minimum atomic E-state index is -2.39. The summed E-state index contributed by atoms with van der Waals surface area (Å²) in [7, 11) is 1.03. The summed E-state index contributed by atoms with van der Waals surface area (Å²) in [4.78, 5) is 54.3. The van der Waals surface area contributed by atoms with E-state index in [-0.39, 0.29) is 24.3 Å². The van der Waals surface area contributed by atoms with Gasteiger partial charge in [0.05, 0.1) is 32.3 Å². The van der Waals surface area contributed by atoms with Gasteiger partial charge in [-0.1, -0.05) is 20.8 Å². The summed E-state index contributed by atoms with van der Waals surface area (Å²) >= 11 is 0. The lowest BCUT2D eigenvalue weighted by Gasteiger charge is -2.67. The number of methoxy groups -OCH3 is 1. The maximum atomic E-state index is 14.0. The van der Waals surface area contributed by atoms with Crippen molar-refractivity contribution in [3.63, 3.8) is 0 Å². The minimum absolute atomic E-state index is 0.0954. The molecule has 3 aliphatic carbocycles.